The van der Waals surface area contributed by atoms with E-state index >= 15 is 0 Å². The van der Waals surface area contributed by atoms with Gasteiger partial charge in [0.1, 0.15) is 0 Å². The van der Waals surface area contributed by atoms with Gasteiger partial charge in [0, 0.05) is 11.2 Å². The summed E-state index contributed by atoms with van der Waals surface area (Å²) >= 11 is 0. The number of hydrogen-bond acceptors (Lipinski definition) is 2. The van der Waals surface area contributed by atoms with Crippen LogP contribution in [0.3, 0.4) is 0 Å². The number of carbonyl (C=O) groups excluding carboxylic acids is 1. The number of rotatable bonds is 3. The van der Waals surface area contributed by atoms with Crippen LogP contribution in [-0.4, -0.2) is 18.0 Å². The maximum atomic E-state index is 11.2. The van der Waals surface area contributed by atoms with Crippen molar-refractivity contribution in [3.05, 3.63) is 29.3 Å². The molecule has 1 aromatic carbocycles. The first-order valence-corrected chi connectivity index (χ1v) is 6.11. The van der Waals surface area contributed by atoms with Gasteiger partial charge in [0.15, 0.2) is 0 Å². The minimum absolute atomic E-state index is 0.102. The van der Waals surface area contributed by atoms with Gasteiger partial charge in [-0.3, -0.25) is 4.79 Å². The van der Waals surface area contributed by atoms with Gasteiger partial charge in [-0.15, -0.1) is 0 Å². The van der Waals surface area contributed by atoms with Gasteiger partial charge in [0.2, 0.25) is 5.91 Å². The predicted molar refractivity (Wildman–Crippen MR) is 70.2 cm³/mol. The summed E-state index contributed by atoms with van der Waals surface area (Å²) in [7, 11) is 0. The molecule has 0 saturated heterocycles. The Labute approximate surface area is 103 Å². The molecule has 1 aliphatic rings. The molecule has 0 aliphatic carbocycles. The number of amides is 1. The second-order valence-electron chi connectivity index (χ2n) is 5.64. The standard InChI is InChI=1S/C14H20N2O/c1-14(2,3)15-7-6-10-4-5-12-11(8-10)9-13(17)16-12/h4-5,8,15H,6-7,9H2,1-3H3,(H,16,17). The topological polar surface area (TPSA) is 41.1 Å². The van der Waals surface area contributed by atoms with E-state index in [0.717, 1.165) is 24.2 Å². The molecule has 0 fully saturated rings. The summed E-state index contributed by atoms with van der Waals surface area (Å²) in [5.41, 5.74) is 3.55. The van der Waals surface area contributed by atoms with Crippen molar-refractivity contribution < 1.29 is 4.79 Å². The van der Waals surface area contributed by atoms with Crippen LogP contribution in [0.2, 0.25) is 0 Å². The van der Waals surface area contributed by atoms with Crippen LogP contribution >= 0.6 is 0 Å². The molecule has 0 unspecified atom stereocenters. The van der Waals surface area contributed by atoms with E-state index in [2.05, 4.69) is 43.5 Å². The zero-order valence-electron chi connectivity index (χ0n) is 10.8. The van der Waals surface area contributed by atoms with Gasteiger partial charge in [-0.2, -0.15) is 0 Å². The maximum Gasteiger partial charge on any atom is 0.228 e. The molecule has 0 atom stereocenters. The van der Waals surface area contributed by atoms with Gasteiger partial charge in [0.25, 0.3) is 0 Å². The third-order valence-corrected chi connectivity index (χ3v) is 2.86. The highest BCUT2D eigenvalue weighted by Crippen LogP contribution is 2.23. The first kappa shape index (κ1) is 12.1. The molecule has 0 bridgehead atoms. The molecule has 3 nitrogen and oxygen atoms in total. The molecule has 1 aliphatic heterocycles. The van der Waals surface area contributed by atoms with Crippen LogP contribution in [0.15, 0.2) is 18.2 Å². The molecular weight excluding hydrogens is 212 g/mol. The molecule has 1 aromatic rings. The van der Waals surface area contributed by atoms with Crippen LogP contribution in [0.5, 0.6) is 0 Å². The molecule has 3 heteroatoms. The molecule has 0 radical (unpaired) electrons. The highest BCUT2D eigenvalue weighted by atomic mass is 16.1. The zero-order valence-corrected chi connectivity index (χ0v) is 10.8. The molecule has 2 N–H and O–H groups in total. The summed E-state index contributed by atoms with van der Waals surface area (Å²) in [6, 6.07) is 6.24. The largest absolute Gasteiger partial charge is 0.326 e. The Balaban J connectivity index is 1.95. The van der Waals surface area contributed by atoms with Crippen molar-refractivity contribution in [2.45, 2.75) is 39.2 Å². The molecule has 17 heavy (non-hydrogen) atoms. The highest BCUT2D eigenvalue weighted by Gasteiger charge is 2.17. The van der Waals surface area contributed by atoms with Crippen molar-refractivity contribution in [2.75, 3.05) is 11.9 Å². The number of hydrogen-bond donors (Lipinski definition) is 2. The Morgan fingerprint density at radius 1 is 1.35 bits per heavy atom. The van der Waals surface area contributed by atoms with Crippen LogP contribution < -0.4 is 10.6 Å². The number of anilines is 1. The number of nitrogens with one attached hydrogen (secondary N) is 2. The molecule has 0 aromatic heterocycles. The van der Waals surface area contributed by atoms with Gasteiger partial charge in [-0.1, -0.05) is 12.1 Å². The van der Waals surface area contributed by atoms with E-state index in [4.69, 9.17) is 0 Å². The van der Waals surface area contributed by atoms with E-state index in [9.17, 15) is 4.79 Å². The Morgan fingerprint density at radius 3 is 2.82 bits per heavy atom. The summed E-state index contributed by atoms with van der Waals surface area (Å²) in [4.78, 5) is 11.2. The monoisotopic (exact) mass is 232 g/mol. The summed E-state index contributed by atoms with van der Waals surface area (Å²) in [5, 5.41) is 6.31. The van der Waals surface area contributed by atoms with E-state index in [1.165, 1.54) is 5.56 Å². The summed E-state index contributed by atoms with van der Waals surface area (Å²) < 4.78 is 0. The number of benzene rings is 1. The van der Waals surface area contributed by atoms with Crippen LogP contribution in [0.1, 0.15) is 31.9 Å². The highest BCUT2D eigenvalue weighted by molar-refractivity contribution is 5.99. The zero-order chi connectivity index (χ0) is 12.5. The summed E-state index contributed by atoms with van der Waals surface area (Å²) in [6.07, 6.45) is 1.52. The van der Waals surface area contributed by atoms with E-state index in [-0.39, 0.29) is 11.4 Å². The van der Waals surface area contributed by atoms with Crippen molar-refractivity contribution in [3.8, 4) is 0 Å². The third kappa shape index (κ3) is 3.30. The summed E-state index contributed by atoms with van der Waals surface area (Å²) in [5.74, 6) is 0.102. The van der Waals surface area contributed by atoms with E-state index < -0.39 is 0 Å². The SMILES string of the molecule is CC(C)(C)NCCc1ccc2c(c1)CC(=O)N2. The molecule has 1 heterocycles. The first-order chi connectivity index (χ1) is 7.94. The quantitative estimate of drug-likeness (QED) is 0.838. The normalized spacial score (nSPS) is 14.6. The van der Waals surface area contributed by atoms with E-state index in [1.807, 2.05) is 6.07 Å². The average molecular weight is 232 g/mol. The van der Waals surface area contributed by atoms with Crippen LogP contribution in [-0.2, 0) is 17.6 Å². The van der Waals surface area contributed by atoms with Crippen LogP contribution in [0, 0.1) is 0 Å². The molecule has 92 valence electrons. The Bertz CT molecular complexity index is 432. The minimum atomic E-state index is 0.102. The number of carbonyl (C=O) groups is 1. The van der Waals surface area contributed by atoms with Crippen LogP contribution in [0.25, 0.3) is 0 Å². The second kappa shape index (κ2) is 4.49. The lowest BCUT2D eigenvalue weighted by Gasteiger charge is -2.20. The molecular formula is C14H20N2O. The lowest BCUT2D eigenvalue weighted by Crippen LogP contribution is -2.37. The summed E-state index contributed by atoms with van der Waals surface area (Å²) in [6.45, 7) is 7.46. The smallest absolute Gasteiger partial charge is 0.228 e. The third-order valence-electron chi connectivity index (χ3n) is 2.86. The van der Waals surface area contributed by atoms with Crippen molar-refractivity contribution in [3.63, 3.8) is 0 Å². The Kier molecular flexibility index (Phi) is 3.20. The molecule has 2 rings (SSSR count). The van der Waals surface area contributed by atoms with E-state index in [0.29, 0.717) is 6.42 Å². The number of fused-ring (bicyclic) bond motifs is 1. The van der Waals surface area contributed by atoms with Gasteiger partial charge in [0.05, 0.1) is 6.42 Å². The average Bonchev–Trinajstić information content (AvgIpc) is 2.55. The van der Waals surface area contributed by atoms with Gasteiger partial charge in [-0.25, -0.2) is 0 Å². The molecule has 0 saturated carbocycles. The molecule has 1 amide bonds. The van der Waals surface area contributed by atoms with Crippen molar-refractivity contribution in [2.24, 2.45) is 0 Å². The van der Waals surface area contributed by atoms with Crippen molar-refractivity contribution in [1.82, 2.24) is 5.32 Å². The Hall–Kier alpha value is -1.35. The van der Waals surface area contributed by atoms with Gasteiger partial charge in [-0.05, 0) is 50.9 Å². The lowest BCUT2D eigenvalue weighted by atomic mass is 10.0. The first-order valence-electron chi connectivity index (χ1n) is 6.11. The molecule has 0 spiro atoms. The fourth-order valence-electron chi connectivity index (χ4n) is 2.02. The van der Waals surface area contributed by atoms with Crippen LogP contribution in [0.4, 0.5) is 5.69 Å². The van der Waals surface area contributed by atoms with Gasteiger partial charge < -0.3 is 10.6 Å². The van der Waals surface area contributed by atoms with Crippen molar-refractivity contribution in [1.29, 1.82) is 0 Å². The van der Waals surface area contributed by atoms with Crippen molar-refractivity contribution >= 4 is 11.6 Å². The van der Waals surface area contributed by atoms with E-state index in [1.54, 1.807) is 0 Å². The second-order valence-corrected chi connectivity index (χ2v) is 5.64. The Morgan fingerprint density at radius 2 is 2.12 bits per heavy atom. The fourth-order valence-corrected chi connectivity index (χ4v) is 2.02. The lowest BCUT2D eigenvalue weighted by molar-refractivity contribution is -0.115. The minimum Gasteiger partial charge on any atom is -0.326 e. The fraction of sp³-hybridized carbons (Fsp3) is 0.500. The predicted octanol–water partition coefficient (Wildman–Crippen LogP) is 2.11. The maximum absolute atomic E-state index is 11.2. The van der Waals surface area contributed by atoms with Gasteiger partial charge >= 0.3 is 0 Å².